The van der Waals surface area contributed by atoms with Crippen molar-refractivity contribution in [2.45, 2.75) is 51.4 Å². The molecule has 2 nitrogen and oxygen atoms in total. The average Bonchev–Trinajstić information content (AvgIpc) is 3.02. The summed E-state index contributed by atoms with van der Waals surface area (Å²) in [6, 6.07) is 5.78. The van der Waals surface area contributed by atoms with Crippen molar-refractivity contribution in [3.63, 3.8) is 0 Å². The van der Waals surface area contributed by atoms with Crippen molar-refractivity contribution in [1.82, 2.24) is 5.32 Å². The molecule has 4 atom stereocenters. The first-order valence-electron chi connectivity index (χ1n) is 7.34. The third-order valence-corrected chi connectivity index (χ3v) is 4.55. The molecule has 0 spiro atoms. The van der Waals surface area contributed by atoms with Gasteiger partial charge >= 0.3 is 0 Å². The SMILES string of the molecule is CCNC(c1ccc(F)c(C)c1)C1CC2CCC1O2. The highest BCUT2D eigenvalue weighted by atomic mass is 19.1. The molecular formula is C16H22FNO. The minimum Gasteiger partial charge on any atom is -0.375 e. The van der Waals surface area contributed by atoms with E-state index in [0.29, 0.717) is 24.2 Å². The molecule has 0 aromatic heterocycles. The van der Waals surface area contributed by atoms with Crippen LogP contribution in [0.2, 0.25) is 0 Å². The number of hydrogen-bond acceptors (Lipinski definition) is 2. The van der Waals surface area contributed by atoms with Crippen LogP contribution in [0, 0.1) is 18.7 Å². The second-order valence-electron chi connectivity index (χ2n) is 5.82. The van der Waals surface area contributed by atoms with Crippen molar-refractivity contribution >= 4 is 0 Å². The lowest BCUT2D eigenvalue weighted by Gasteiger charge is -2.29. The lowest BCUT2D eigenvalue weighted by atomic mass is 9.80. The molecule has 0 amide bonds. The minimum atomic E-state index is -0.122. The smallest absolute Gasteiger partial charge is 0.126 e. The maximum atomic E-state index is 13.4. The van der Waals surface area contributed by atoms with Gasteiger partial charge in [-0.25, -0.2) is 4.39 Å². The number of hydrogen-bond donors (Lipinski definition) is 1. The first-order valence-corrected chi connectivity index (χ1v) is 7.34. The van der Waals surface area contributed by atoms with Gasteiger partial charge in [-0.1, -0.05) is 19.1 Å². The average molecular weight is 263 g/mol. The van der Waals surface area contributed by atoms with E-state index in [4.69, 9.17) is 4.74 Å². The van der Waals surface area contributed by atoms with Gasteiger partial charge in [0.2, 0.25) is 0 Å². The van der Waals surface area contributed by atoms with Gasteiger partial charge in [-0.15, -0.1) is 0 Å². The summed E-state index contributed by atoms with van der Waals surface area (Å²) < 4.78 is 19.4. The van der Waals surface area contributed by atoms with E-state index in [1.54, 1.807) is 6.07 Å². The highest BCUT2D eigenvalue weighted by molar-refractivity contribution is 5.27. The number of rotatable bonds is 4. The van der Waals surface area contributed by atoms with Gasteiger partial charge in [-0.05, 0) is 49.9 Å². The second kappa shape index (κ2) is 5.22. The van der Waals surface area contributed by atoms with E-state index in [1.165, 1.54) is 18.4 Å². The van der Waals surface area contributed by atoms with E-state index in [0.717, 1.165) is 18.5 Å². The number of ether oxygens (including phenoxy) is 1. The molecule has 2 bridgehead atoms. The van der Waals surface area contributed by atoms with Crippen LogP contribution >= 0.6 is 0 Å². The van der Waals surface area contributed by atoms with Gasteiger partial charge in [-0.3, -0.25) is 0 Å². The number of benzene rings is 1. The molecule has 19 heavy (non-hydrogen) atoms. The molecule has 4 unspecified atom stereocenters. The molecule has 2 aliphatic heterocycles. The standard InChI is InChI=1S/C16H22FNO/c1-3-18-16(11-4-6-14(17)10(2)8-11)13-9-12-5-7-15(13)19-12/h4,6,8,12-13,15-16,18H,3,5,7,9H2,1-2H3. The molecule has 0 saturated carbocycles. The van der Waals surface area contributed by atoms with Crippen molar-refractivity contribution < 1.29 is 9.13 Å². The highest BCUT2D eigenvalue weighted by Crippen LogP contribution is 2.44. The number of aryl methyl sites for hydroxylation is 1. The quantitative estimate of drug-likeness (QED) is 0.899. The van der Waals surface area contributed by atoms with Gasteiger partial charge in [0.25, 0.3) is 0 Å². The second-order valence-corrected chi connectivity index (χ2v) is 5.82. The van der Waals surface area contributed by atoms with Gasteiger partial charge in [0.1, 0.15) is 5.82 Å². The Kier molecular flexibility index (Phi) is 3.59. The Bertz CT molecular complexity index is 462. The molecule has 1 N–H and O–H groups in total. The predicted octanol–water partition coefficient (Wildman–Crippen LogP) is 3.35. The summed E-state index contributed by atoms with van der Waals surface area (Å²) in [5.74, 6) is 0.409. The van der Waals surface area contributed by atoms with Gasteiger partial charge in [-0.2, -0.15) is 0 Å². The van der Waals surface area contributed by atoms with E-state index in [1.807, 2.05) is 19.1 Å². The summed E-state index contributed by atoms with van der Waals surface area (Å²) in [4.78, 5) is 0. The molecule has 0 aliphatic carbocycles. The largest absolute Gasteiger partial charge is 0.375 e. The topological polar surface area (TPSA) is 21.3 Å². The van der Waals surface area contributed by atoms with Crippen LogP contribution in [-0.4, -0.2) is 18.8 Å². The van der Waals surface area contributed by atoms with Crippen molar-refractivity contribution in [1.29, 1.82) is 0 Å². The van der Waals surface area contributed by atoms with Crippen molar-refractivity contribution in [2.75, 3.05) is 6.54 Å². The first-order chi connectivity index (χ1) is 9.19. The molecule has 104 valence electrons. The lowest BCUT2D eigenvalue weighted by Crippen LogP contribution is -2.33. The van der Waals surface area contributed by atoms with Gasteiger partial charge in [0, 0.05) is 12.0 Å². The van der Waals surface area contributed by atoms with E-state index < -0.39 is 0 Å². The Morgan fingerprint density at radius 1 is 1.42 bits per heavy atom. The Morgan fingerprint density at radius 3 is 2.84 bits per heavy atom. The van der Waals surface area contributed by atoms with Crippen LogP contribution in [0.4, 0.5) is 4.39 Å². The molecule has 1 aromatic rings. The maximum absolute atomic E-state index is 13.4. The monoisotopic (exact) mass is 263 g/mol. The summed E-state index contributed by atoms with van der Waals surface area (Å²) >= 11 is 0. The fourth-order valence-electron chi connectivity index (χ4n) is 3.63. The third-order valence-electron chi connectivity index (χ3n) is 4.55. The van der Waals surface area contributed by atoms with E-state index in [-0.39, 0.29) is 5.82 Å². The Morgan fingerprint density at radius 2 is 2.26 bits per heavy atom. The zero-order chi connectivity index (χ0) is 13.4. The minimum absolute atomic E-state index is 0.122. The normalized spacial score (nSPS) is 30.8. The highest BCUT2D eigenvalue weighted by Gasteiger charge is 2.44. The Balaban J connectivity index is 1.85. The molecule has 2 saturated heterocycles. The van der Waals surface area contributed by atoms with Crippen LogP contribution in [0.3, 0.4) is 0 Å². The van der Waals surface area contributed by atoms with Gasteiger partial charge in [0.15, 0.2) is 0 Å². The Labute approximate surface area is 114 Å². The predicted molar refractivity (Wildman–Crippen MR) is 73.6 cm³/mol. The van der Waals surface area contributed by atoms with Crippen LogP contribution in [-0.2, 0) is 4.74 Å². The number of fused-ring (bicyclic) bond motifs is 2. The molecule has 2 fully saturated rings. The fraction of sp³-hybridized carbons (Fsp3) is 0.625. The van der Waals surface area contributed by atoms with E-state index in [2.05, 4.69) is 12.2 Å². The summed E-state index contributed by atoms with van der Waals surface area (Å²) in [7, 11) is 0. The first kappa shape index (κ1) is 13.1. The van der Waals surface area contributed by atoms with Crippen molar-refractivity contribution in [3.05, 3.63) is 35.1 Å². The van der Waals surface area contributed by atoms with Gasteiger partial charge < -0.3 is 10.1 Å². The summed E-state index contributed by atoms with van der Waals surface area (Å²) in [6.45, 7) is 4.88. The summed E-state index contributed by atoms with van der Waals surface area (Å²) in [5, 5.41) is 3.57. The van der Waals surface area contributed by atoms with E-state index in [9.17, 15) is 4.39 Å². The van der Waals surface area contributed by atoms with Crippen LogP contribution < -0.4 is 5.32 Å². The molecular weight excluding hydrogens is 241 g/mol. The van der Waals surface area contributed by atoms with Crippen molar-refractivity contribution in [2.24, 2.45) is 5.92 Å². The van der Waals surface area contributed by atoms with Crippen LogP contribution in [0.25, 0.3) is 0 Å². The molecule has 3 rings (SSSR count). The van der Waals surface area contributed by atoms with Crippen molar-refractivity contribution in [3.8, 4) is 0 Å². The zero-order valence-corrected chi connectivity index (χ0v) is 11.7. The number of nitrogens with one attached hydrogen (secondary N) is 1. The molecule has 1 aromatic carbocycles. The third kappa shape index (κ3) is 2.41. The van der Waals surface area contributed by atoms with Gasteiger partial charge in [0.05, 0.1) is 12.2 Å². The zero-order valence-electron chi connectivity index (χ0n) is 11.7. The number of halogens is 1. The molecule has 2 aliphatic rings. The Hall–Kier alpha value is -0.930. The van der Waals surface area contributed by atoms with Crippen LogP contribution in [0.5, 0.6) is 0 Å². The summed E-state index contributed by atoms with van der Waals surface area (Å²) in [6.07, 6.45) is 4.37. The van der Waals surface area contributed by atoms with E-state index >= 15 is 0 Å². The molecule has 3 heteroatoms. The lowest BCUT2D eigenvalue weighted by molar-refractivity contribution is 0.0858. The molecule has 2 heterocycles. The maximum Gasteiger partial charge on any atom is 0.126 e. The molecule has 0 radical (unpaired) electrons. The summed E-state index contributed by atoms with van der Waals surface area (Å²) in [5.41, 5.74) is 1.92. The fourth-order valence-corrected chi connectivity index (χ4v) is 3.63. The van der Waals surface area contributed by atoms with Crippen LogP contribution in [0.1, 0.15) is 43.4 Å². The van der Waals surface area contributed by atoms with Crippen LogP contribution in [0.15, 0.2) is 18.2 Å².